The Bertz CT molecular complexity index is 573. The van der Waals surface area contributed by atoms with Crippen LogP contribution in [-0.4, -0.2) is 29.8 Å². The molecule has 0 bridgehead atoms. The molecule has 0 aliphatic rings. The largest absolute Gasteiger partial charge is 0.381 e. The first-order valence-electron chi connectivity index (χ1n) is 5.97. The summed E-state index contributed by atoms with van der Waals surface area (Å²) in [6.45, 7) is 4.59. The second-order valence-electron chi connectivity index (χ2n) is 3.83. The highest BCUT2D eigenvalue weighted by atomic mass is 15.1. The van der Waals surface area contributed by atoms with Crippen LogP contribution in [0.15, 0.2) is 24.3 Å². The van der Waals surface area contributed by atoms with Crippen molar-refractivity contribution in [3.05, 3.63) is 30.0 Å². The topological polar surface area (TPSA) is 73.6 Å². The van der Waals surface area contributed by atoms with E-state index in [4.69, 9.17) is 5.26 Å². The average Bonchev–Trinajstić information content (AvgIpc) is 2.43. The molecule has 5 heteroatoms. The van der Waals surface area contributed by atoms with Crippen LogP contribution < -0.4 is 10.6 Å². The summed E-state index contributed by atoms with van der Waals surface area (Å²) in [5, 5.41) is 24.4. The van der Waals surface area contributed by atoms with Crippen molar-refractivity contribution in [1.29, 1.82) is 5.26 Å². The summed E-state index contributed by atoms with van der Waals surface area (Å²) in [7, 11) is 0. The minimum atomic E-state index is 0.338. The van der Waals surface area contributed by atoms with E-state index in [1.165, 1.54) is 0 Å². The van der Waals surface area contributed by atoms with Gasteiger partial charge in [-0.3, -0.25) is 0 Å². The molecule has 1 heterocycles. The first-order valence-corrected chi connectivity index (χ1v) is 5.97. The van der Waals surface area contributed by atoms with Gasteiger partial charge in [0.2, 0.25) is 0 Å². The number of nitrogens with one attached hydrogen (secondary N) is 2. The minimum Gasteiger partial charge on any atom is -0.381 e. The van der Waals surface area contributed by atoms with Crippen LogP contribution in [-0.2, 0) is 0 Å². The normalized spacial score (nSPS) is 10.2. The number of nitriles is 1. The van der Waals surface area contributed by atoms with Crippen LogP contribution in [0, 0.1) is 11.3 Å². The molecule has 0 atom stereocenters. The van der Waals surface area contributed by atoms with Crippen molar-refractivity contribution in [2.75, 3.05) is 25.0 Å². The van der Waals surface area contributed by atoms with Crippen LogP contribution in [0.3, 0.4) is 0 Å². The fourth-order valence-electron chi connectivity index (χ4n) is 1.76. The quantitative estimate of drug-likeness (QED) is 0.776. The number of nitrogens with zero attached hydrogens (tertiary/aromatic N) is 3. The van der Waals surface area contributed by atoms with Crippen molar-refractivity contribution >= 4 is 16.6 Å². The van der Waals surface area contributed by atoms with Gasteiger partial charge in [-0.1, -0.05) is 25.1 Å². The third kappa shape index (κ3) is 2.55. The van der Waals surface area contributed by atoms with Gasteiger partial charge in [0, 0.05) is 18.5 Å². The summed E-state index contributed by atoms with van der Waals surface area (Å²) in [5.74, 6) is 0. The highest BCUT2D eigenvalue weighted by molar-refractivity contribution is 5.92. The van der Waals surface area contributed by atoms with Gasteiger partial charge < -0.3 is 10.6 Å². The molecule has 0 aliphatic carbocycles. The molecule has 0 spiro atoms. The lowest BCUT2D eigenvalue weighted by Crippen LogP contribution is -2.22. The van der Waals surface area contributed by atoms with Crippen molar-refractivity contribution in [2.45, 2.75) is 6.92 Å². The summed E-state index contributed by atoms with van der Waals surface area (Å²) in [6.07, 6.45) is 0. The Kier molecular flexibility index (Phi) is 4.05. The lowest BCUT2D eigenvalue weighted by atomic mass is 10.1. The predicted molar refractivity (Wildman–Crippen MR) is 71.3 cm³/mol. The zero-order valence-corrected chi connectivity index (χ0v) is 10.3. The first-order chi connectivity index (χ1) is 8.86. The Balaban J connectivity index is 2.30. The van der Waals surface area contributed by atoms with E-state index < -0.39 is 0 Å². The second-order valence-corrected chi connectivity index (χ2v) is 3.83. The molecule has 0 amide bonds. The lowest BCUT2D eigenvalue weighted by Gasteiger charge is -2.10. The highest BCUT2D eigenvalue weighted by Gasteiger charge is 2.08. The SMILES string of the molecule is CCNCCNc1c(C#N)nnc2ccccc12. The number of hydrogen-bond acceptors (Lipinski definition) is 5. The molecular weight excluding hydrogens is 226 g/mol. The average molecular weight is 241 g/mol. The van der Waals surface area contributed by atoms with Gasteiger partial charge in [0.25, 0.3) is 0 Å². The molecular formula is C13H15N5. The van der Waals surface area contributed by atoms with Crippen LogP contribution in [0.5, 0.6) is 0 Å². The second kappa shape index (κ2) is 5.94. The number of likely N-dealkylation sites (N-methyl/N-ethyl adjacent to an activating group) is 1. The molecule has 2 N–H and O–H groups in total. The Morgan fingerprint density at radius 3 is 2.83 bits per heavy atom. The van der Waals surface area contributed by atoms with Crippen molar-refractivity contribution in [1.82, 2.24) is 15.5 Å². The van der Waals surface area contributed by atoms with Crippen LogP contribution in [0.4, 0.5) is 5.69 Å². The van der Waals surface area contributed by atoms with Gasteiger partial charge in [0.05, 0.1) is 11.2 Å². The summed E-state index contributed by atoms with van der Waals surface area (Å²) in [5.41, 5.74) is 1.90. The molecule has 1 aromatic heterocycles. The summed E-state index contributed by atoms with van der Waals surface area (Å²) in [6, 6.07) is 9.74. The Hall–Kier alpha value is -2.19. The molecule has 2 rings (SSSR count). The molecule has 0 fully saturated rings. The molecule has 0 unspecified atom stereocenters. The number of aromatic nitrogens is 2. The lowest BCUT2D eigenvalue weighted by molar-refractivity contribution is 0.739. The Morgan fingerprint density at radius 2 is 2.06 bits per heavy atom. The Labute approximate surface area is 106 Å². The highest BCUT2D eigenvalue weighted by Crippen LogP contribution is 2.23. The van der Waals surface area contributed by atoms with Crippen molar-refractivity contribution in [2.24, 2.45) is 0 Å². The Morgan fingerprint density at radius 1 is 1.22 bits per heavy atom. The van der Waals surface area contributed by atoms with Crippen LogP contribution >= 0.6 is 0 Å². The predicted octanol–water partition coefficient (Wildman–Crippen LogP) is 1.52. The zero-order valence-electron chi connectivity index (χ0n) is 10.3. The van der Waals surface area contributed by atoms with Crippen LogP contribution in [0.25, 0.3) is 10.9 Å². The van der Waals surface area contributed by atoms with E-state index >= 15 is 0 Å². The molecule has 0 saturated carbocycles. The van der Waals surface area contributed by atoms with Gasteiger partial charge >= 0.3 is 0 Å². The van der Waals surface area contributed by atoms with Crippen LogP contribution in [0.2, 0.25) is 0 Å². The number of benzene rings is 1. The number of anilines is 1. The monoisotopic (exact) mass is 241 g/mol. The third-order valence-electron chi connectivity index (χ3n) is 2.63. The van der Waals surface area contributed by atoms with Crippen molar-refractivity contribution in [3.63, 3.8) is 0 Å². The minimum absolute atomic E-state index is 0.338. The zero-order chi connectivity index (χ0) is 12.8. The maximum atomic E-state index is 9.07. The van der Waals surface area contributed by atoms with Gasteiger partial charge in [-0.15, -0.1) is 10.2 Å². The molecule has 2 aromatic rings. The molecule has 0 saturated heterocycles. The molecule has 92 valence electrons. The van der Waals surface area contributed by atoms with Crippen LogP contribution in [0.1, 0.15) is 12.6 Å². The maximum absolute atomic E-state index is 9.07. The van der Waals surface area contributed by atoms with E-state index in [0.29, 0.717) is 5.69 Å². The fourth-order valence-corrected chi connectivity index (χ4v) is 1.76. The van der Waals surface area contributed by atoms with Crippen molar-refractivity contribution in [3.8, 4) is 6.07 Å². The van der Waals surface area contributed by atoms with Gasteiger partial charge in [-0.2, -0.15) is 5.26 Å². The smallest absolute Gasteiger partial charge is 0.186 e. The third-order valence-corrected chi connectivity index (χ3v) is 2.63. The molecule has 1 aromatic carbocycles. The van der Waals surface area contributed by atoms with Gasteiger partial charge in [-0.25, -0.2) is 0 Å². The van der Waals surface area contributed by atoms with Crippen molar-refractivity contribution < 1.29 is 0 Å². The number of rotatable bonds is 5. The van der Waals surface area contributed by atoms with E-state index in [1.807, 2.05) is 24.3 Å². The summed E-state index contributed by atoms with van der Waals surface area (Å²) < 4.78 is 0. The van der Waals surface area contributed by atoms with E-state index in [2.05, 4.69) is 33.8 Å². The van der Waals surface area contributed by atoms with E-state index in [0.717, 1.165) is 36.2 Å². The van der Waals surface area contributed by atoms with Gasteiger partial charge in [0.15, 0.2) is 5.69 Å². The van der Waals surface area contributed by atoms with Gasteiger partial charge in [0.1, 0.15) is 6.07 Å². The molecule has 0 aliphatic heterocycles. The fraction of sp³-hybridized carbons (Fsp3) is 0.308. The van der Waals surface area contributed by atoms with E-state index in [1.54, 1.807) is 0 Å². The molecule has 0 radical (unpaired) electrons. The molecule has 5 nitrogen and oxygen atoms in total. The first kappa shape index (κ1) is 12.3. The number of fused-ring (bicyclic) bond motifs is 1. The standard InChI is InChI=1S/C13H15N5/c1-2-15-7-8-16-13-10-5-3-4-6-11(10)17-18-12(13)9-14/h3-6,15H,2,7-8H2,1H3,(H,16,17). The molecule has 18 heavy (non-hydrogen) atoms. The number of hydrogen-bond donors (Lipinski definition) is 2. The maximum Gasteiger partial charge on any atom is 0.186 e. The van der Waals surface area contributed by atoms with Gasteiger partial charge in [-0.05, 0) is 12.6 Å². The summed E-state index contributed by atoms with van der Waals surface area (Å²) >= 11 is 0. The summed E-state index contributed by atoms with van der Waals surface area (Å²) in [4.78, 5) is 0. The van der Waals surface area contributed by atoms with E-state index in [-0.39, 0.29) is 0 Å². The van der Waals surface area contributed by atoms with E-state index in [9.17, 15) is 0 Å².